The van der Waals surface area contributed by atoms with Gasteiger partial charge < -0.3 is 5.32 Å². The third-order valence-corrected chi connectivity index (χ3v) is 2.15. The van der Waals surface area contributed by atoms with Crippen LogP contribution in [0.15, 0.2) is 29.1 Å². The Hall–Kier alpha value is -1.31. The van der Waals surface area contributed by atoms with E-state index in [2.05, 4.69) is 19.2 Å². The van der Waals surface area contributed by atoms with Crippen molar-refractivity contribution < 1.29 is 0 Å². The van der Waals surface area contributed by atoms with Crippen molar-refractivity contribution in [2.75, 3.05) is 11.9 Å². The van der Waals surface area contributed by atoms with E-state index in [1.54, 1.807) is 6.07 Å². The zero-order valence-corrected chi connectivity index (χ0v) is 9.00. The van der Waals surface area contributed by atoms with Crippen LogP contribution in [0.2, 0.25) is 0 Å². The van der Waals surface area contributed by atoms with Crippen molar-refractivity contribution in [2.24, 2.45) is 0 Å². The van der Waals surface area contributed by atoms with Crippen LogP contribution in [-0.4, -0.2) is 6.54 Å². The van der Waals surface area contributed by atoms with Crippen molar-refractivity contribution >= 4 is 5.69 Å². The average molecular weight is 191 g/mol. The molecule has 0 aliphatic heterocycles. The minimum Gasteiger partial charge on any atom is -0.382 e. The zero-order chi connectivity index (χ0) is 10.6. The largest absolute Gasteiger partial charge is 0.382 e. The number of nitrogens with one attached hydrogen (secondary N) is 1. The van der Waals surface area contributed by atoms with E-state index in [1.165, 1.54) is 5.56 Å². The van der Waals surface area contributed by atoms with Gasteiger partial charge in [-0.15, -0.1) is 0 Å². The topological polar surface area (TPSA) is 29.1 Å². The summed E-state index contributed by atoms with van der Waals surface area (Å²) in [5.41, 5.74) is 1.93. The number of hydrogen-bond donors (Lipinski definition) is 1. The fourth-order valence-electron chi connectivity index (χ4n) is 1.31. The number of rotatable bonds is 3. The summed E-state index contributed by atoms with van der Waals surface area (Å²) < 4.78 is 0. The van der Waals surface area contributed by atoms with Gasteiger partial charge in [-0.1, -0.05) is 26.0 Å². The van der Waals surface area contributed by atoms with Gasteiger partial charge in [0.2, 0.25) is 5.43 Å². The maximum atomic E-state index is 11.5. The highest BCUT2D eigenvalue weighted by Crippen LogP contribution is 2.14. The summed E-state index contributed by atoms with van der Waals surface area (Å²) in [6.45, 7) is 7.00. The lowest BCUT2D eigenvalue weighted by Crippen LogP contribution is -2.07. The van der Waals surface area contributed by atoms with Gasteiger partial charge in [-0.3, -0.25) is 4.79 Å². The van der Waals surface area contributed by atoms with Gasteiger partial charge in [0.25, 0.3) is 0 Å². The quantitative estimate of drug-likeness (QED) is 0.795. The summed E-state index contributed by atoms with van der Waals surface area (Å²) in [5, 5.41) is 3.08. The van der Waals surface area contributed by atoms with E-state index in [-0.39, 0.29) is 5.43 Å². The smallest absolute Gasteiger partial charge is 0.201 e. The van der Waals surface area contributed by atoms with Crippen LogP contribution in [0.3, 0.4) is 0 Å². The van der Waals surface area contributed by atoms with Gasteiger partial charge in [-0.05, 0) is 30.5 Å². The molecule has 0 aromatic heterocycles. The average Bonchev–Trinajstić information content (AvgIpc) is 2.30. The van der Waals surface area contributed by atoms with Gasteiger partial charge in [0.15, 0.2) is 0 Å². The Morgan fingerprint density at radius 2 is 2.07 bits per heavy atom. The molecular weight excluding hydrogens is 174 g/mol. The van der Waals surface area contributed by atoms with Crippen LogP contribution in [0, 0.1) is 0 Å². The highest BCUT2D eigenvalue weighted by atomic mass is 16.1. The fourth-order valence-corrected chi connectivity index (χ4v) is 1.31. The monoisotopic (exact) mass is 191 g/mol. The first-order chi connectivity index (χ1) is 6.65. The molecule has 1 aromatic rings. The standard InChI is InChI=1S/C12H17NO/c1-4-13-11-8-10(9(2)3)6-5-7-12(11)14/h5-9H,4H2,1-3H3,(H,13,14). The van der Waals surface area contributed by atoms with Crippen molar-refractivity contribution in [3.8, 4) is 0 Å². The maximum absolute atomic E-state index is 11.5. The van der Waals surface area contributed by atoms with E-state index in [1.807, 2.05) is 25.1 Å². The lowest BCUT2D eigenvalue weighted by atomic mass is 10.1. The molecule has 0 spiro atoms. The minimum absolute atomic E-state index is 0.0544. The molecule has 0 unspecified atom stereocenters. The van der Waals surface area contributed by atoms with Crippen molar-refractivity contribution in [1.29, 1.82) is 0 Å². The highest BCUT2D eigenvalue weighted by Gasteiger charge is 2.00. The van der Waals surface area contributed by atoms with Crippen LogP contribution < -0.4 is 10.7 Å². The van der Waals surface area contributed by atoms with Crippen molar-refractivity contribution in [3.05, 3.63) is 40.1 Å². The normalized spacial score (nSPS) is 10.3. The molecule has 0 saturated carbocycles. The molecule has 0 saturated heterocycles. The van der Waals surface area contributed by atoms with E-state index in [0.717, 1.165) is 6.54 Å². The Bertz CT molecular complexity index is 358. The van der Waals surface area contributed by atoms with Gasteiger partial charge in [-0.2, -0.15) is 0 Å². The van der Waals surface area contributed by atoms with Gasteiger partial charge in [0.05, 0.1) is 5.69 Å². The molecule has 14 heavy (non-hydrogen) atoms. The van der Waals surface area contributed by atoms with Gasteiger partial charge in [0, 0.05) is 6.54 Å². The second kappa shape index (κ2) is 4.80. The van der Waals surface area contributed by atoms with E-state index in [9.17, 15) is 4.79 Å². The maximum Gasteiger partial charge on any atom is 0.201 e. The van der Waals surface area contributed by atoms with Crippen molar-refractivity contribution in [2.45, 2.75) is 26.7 Å². The molecule has 1 rings (SSSR count). The fraction of sp³-hybridized carbons (Fsp3) is 0.417. The summed E-state index contributed by atoms with van der Waals surface area (Å²) in [6.07, 6.45) is 0. The highest BCUT2D eigenvalue weighted by molar-refractivity contribution is 5.45. The minimum atomic E-state index is 0.0544. The first-order valence-corrected chi connectivity index (χ1v) is 5.03. The number of hydrogen-bond acceptors (Lipinski definition) is 2. The second-order valence-electron chi connectivity index (χ2n) is 3.63. The van der Waals surface area contributed by atoms with E-state index in [0.29, 0.717) is 11.6 Å². The summed E-state index contributed by atoms with van der Waals surface area (Å²) in [5.74, 6) is 0.444. The number of anilines is 1. The first-order valence-electron chi connectivity index (χ1n) is 5.03. The van der Waals surface area contributed by atoms with Gasteiger partial charge in [-0.25, -0.2) is 0 Å². The summed E-state index contributed by atoms with van der Waals surface area (Å²) in [7, 11) is 0. The predicted octanol–water partition coefficient (Wildman–Crippen LogP) is 2.60. The summed E-state index contributed by atoms with van der Waals surface area (Å²) in [4.78, 5) is 11.5. The SMILES string of the molecule is CCNc1cc(C(C)C)cccc1=O. The molecule has 1 aromatic carbocycles. The third-order valence-electron chi connectivity index (χ3n) is 2.15. The molecule has 1 N–H and O–H groups in total. The van der Waals surface area contributed by atoms with E-state index in [4.69, 9.17) is 0 Å². The molecule has 2 heteroatoms. The predicted molar refractivity (Wildman–Crippen MR) is 61.0 cm³/mol. The lowest BCUT2D eigenvalue weighted by molar-refractivity contribution is 0.868. The Morgan fingerprint density at radius 3 is 2.64 bits per heavy atom. The Morgan fingerprint density at radius 1 is 1.36 bits per heavy atom. The van der Waals surface area contributed by atoms with Gasteiger partial charge >= 0.3 is 0 Å². The molecule has 0 heterocycles. The molecule has 0 radical (unpaired) electrons. The summed E-state index contributed by atoms with van der Waals surface area (Å²) >= 11 is 0. The molecular formula is C12H17NO. The second-order valence-corrected chi connectivity index (χ2v) is 3.63. The van der Waals surface area contributed by atoms with E-state index < -0.39 is 0 Å². The molecule has 0 atom stereocenters. The molecule has 2 nitrogen and oxygen atoms in total. The Kier molecular flexibility index (Phi) is 3.69. The van der Waals surface area contributed by atoms with Crippen LogP contribution in [0.1, 0.15) is 32.3 Å². The molecule has 0 fully saturated rings. The molecule has 76 valence electrons. The van der Waals surface area contributed by atoms with Crippen LogP contribution in [0.4, 0.5) is 5.69 Å². The molecule has 0 aliphatic carbocycles. The van der Waals surface area contributed by atoms with Crippen LogP contribution >= 0.6 is 0 Å². The van der Waals surface area contributed by atoms with Crippen LogP contribution in [0.5, 0.6) is 0 Å². The van der Waals surface area contributed by atoms with Crippen molar-refractivity contribution in [1.82, 2.24) is 0 Å². The zero-order valence-electron chi connectivity index (χ0n) is 9.00. The van der Waals surface area contributed by atoms with Gasteiger partial charge in [0.1, 0.15) is 0 Å². The summed E-state index contributed by atoms with van der Waals surface area (Å²) in [6, 6.07) is 7.35. The molecule has 0 bridgehead atoms. The lowest BCUT2D eigenvalue weighted by Gasteiger charge is -2.03. The van der Waals surface area contributed by atoms with E-state index >= 15 is 0 Å². The third kappa shape index (κ3) is 2.59. The van der Waals surface area contributed by atoms with Crippen molar-refractivity contribution in [3.63, 3.8) is 0 Å². The Labute approximate surface area is 85.0 Å². The molecule has 0 aliphatic rings. The Balaban J connectivity index is 3.21. The van der Waals surface area contributed by atoms with Crippen LogP contribution in [0.25, 0.3) is 0 Å². The first kappa shape index (κ1) is 10.8. The van der Waals surface area contributed by atoms with Crippen LogP contribution in [-0.2, 0) is 0 Å². The molecule has 0 amide bonds.